The first kappa shape index (κ1) is 12.6. The fourth-order valence-corrected chi connectivity index (χ4v) is 2.64. The molecule has 76 valence electrons. The fraction of sp³-hybridized carbons (Fsp3) is 0.900. The molecular weight excluding hydrogens is 182 g/mol. The van der Waals surface area contributed by atoms with Crippen molar-refractivity contribution in [3.05, 3.63) is 0 Å². The van der Waals surface area contributed by atoms with Crippen LogP contribution in [0.25, 0.3) is 0 Å². The third-order valence-electron chi connectivity index (χ3n) is 2.10. The van der Waals surface area contributed by atoms with Gasteiger partial charge in [-0.05, 0) is 12.8 Å². The summed E-state index contributed by atoms with van der Waals surface area (Å²) < 4.78 is 11.6. The van der Waals surface area contributed by atoms with Crippen molar-refractivity contribution in [2.24, 2.45) is 0 Å². The van der Waals surface area contributed by atoms with Crippen molar-refractivity contribution in [2.45, 2.75) is 51.2 Å². The molecule has 0 saturated carbocycles. The van der Waals surface area contributed by atoms with E-state index in [9.17, 15) is 4.21 Å². The second-order valence-electron chi connectivity index (χ2n) is 3.18. The van der Waals surface area contributed by atoms with Crippen molar-refractivity contribution in [3.63, 3.8) is 0 Å². The van der Waals surface area contributed by atoms with E-state index in [2.05, 4.69) is 13.0 Å². The van der Waals surface area contributed by atoms with E-state index in [4.69, 9.17) is 5.26 Å². The van der Waals surface area contributed by atoms with Crippen LogP contribution in [0.15, 0.2) is 0 Å². The fourth-order valence-electron chi connectivity index (χ4n) is 1.19. The molecule has 0 aliphatic heterocycles. The molecule has 0 radical (unpaired) electrons. The largest absolute Gasteiger partial charge is 0.259 e. The number of nitriles is 1. The summed E-state index contributed by atoms with van der Waals surface area (Å²) in [5, 5.41) is 8.60. The number of nitrogens with zero attached hydrogens (tertiary/aromatic N) is 1. The van der Waals surface area contributed by atoms with Gasteiger partial charge in [0.25, 0.3) is 0 Å². The highest BCUT2D eigenvalue weighted by Gasteiger charge is 2.13. The van der Waals surface area contributed by atoms with Crippen molar-refractivity contribution in [1.29, 1.82) is 5.26 Å². The van der Waals surface area contributed by atoms with Gasteiger partial charge >= 0.3 is 0 Å². The summed E-state index contributed by atoms with van der Waals surface area (Å²) >= 11 is 0. The molecule has 0 saturated heterocycles. The average Bonchev–Trinajstić information content (AvgIpc) is 2.14. The molecule has 0 rings (SSSR count). The van der Waals surface area contributed by atoms with E-state index >= 15 is 0 Å². The Bertz CT molecular complexity index is 186. The molecule has 13 heavy (non-hydrogen) atoms. The molecule has 0 aromatic carbocycles. The molecule has 0 amide bonds. The van der Waals surface area contributed by atoms with Gasteiger partial charge in [-0.3, -0.25) is 4.21 Å². The van der Waals surface area contributed by atoms with Gasteiger partial charge in [0.05, 0.1) is 6.07 Å². The normalized spacial score (nSPS) is 14.8. The van der Waals surface area contributed by atoms with Crippen LogP contribution in [0.3, 0.4) is 0 Å². The van der Waals surface area contributed by atoms with Crippen molar-refractivity contribution < 1.29 is 4.21 Å². The summed E-state index contributed by atoms with van der Waals surface area (Å²) in [4.78, 5) is 0. The monoisotopic (exact) mass is 201 g/mol. The van der Waals surface area contributed by atoms with Crippen molar-refractivity contribution >= 4 is 10.8 Å². The van der Waals surface area contributed by atoms with Crippen LogP contribution < -0.4 is 0 Å². The summed E-state index contributed by atoms with van der Waals surface area (Å²) in [6.07, 6.45) is 4.63. The SMILES string of the molecule is CCCCCS(=O)C(CC)CC#N. The summed E-state index contributed by atoms with van der Waals surface area (Å²) in [7, 11) is -0.782. The minimum Gasteiger partial charge on any atom is -0.259 e. The Hall–Kier alpha value is -0.360. The lowest BCUT2D eigenvalue weighted by Crippen LogP contribution is -2.16. The van der Waals surface area contributed by atoms with Gasteiger partial charge in [-0.25, -0.2) is 0 Å². The van der Waals surface area contributed by atoms with Gasteiger partial charge in [-0.15, -0.1) is 0 Å². The molecule has 0 spiro atoms. The van der Waals surface area contributed by atoms with Crippen LogP contribution in [0, 0.1) is 11.3 Å². The first-order valence-corrected chi connectivity index (χ1v) is 6.38. The third kappa shape index (κ3) is 5.81. The number of hydrogen-bond donors (Lipinski definition) is 0. The Morgan fingerprint density at radius 3 is 2.54 bits per heavy atom. The number of rotatable bonds is 7. The lowest BCUT2D eigenvalue weighted by molar-refractivity contribution is 0.658. The first-order chi connectivity index (χ1) is 6.26. The molecule has 3 heteroatoms. The van der Waals surface area contributed by atoms with E-state index in [0.717, 1.165) is 31.4 Å². The van der Waals surface area contributed by atoms with Crippen LogP contribution >= 0.6 is 0 Å². The van der Waals surface area contributed by atoms with Gasteiger partial charge in [-0.1, -0.05) is 26.7 Å². The van der Waals surface area contributed by atoms with Crippen molar-refractivity contribution in [2.75, 3.05) is 5.75 Å². The van der Waals surface area contributed by atoms with Gasteiger partial charge in [0.2, 0.25) is 0 Å². The van der Waals surface area contributed by atoms with Crippen LogP contribution in [0.5, 0.6) is 0 Å². The van der Waals surface area contributed by atoms with E-state index in [1.807, 2.05) is 6.92 Å². The topological polar surface area (TPSA) is 40.9 Å². The molecular formula is C10H19NOS. The first-order valence-electron chi connectivity index (χ1n) is 5.00. The van der Waals surface area contributed by atoms with Gasteiger partial charge in [-0.2, -0.15) is 5.26 Å². The van der Waals surface area contributed by atoms with Crippen LogP contribution in [0.4, 0.5) is 0 Å². The molecule has 0 fully saturated rings. The summed E-state index contributed by atoms with van der Waals surface area (Å²) in [5.74, 6) is 0.772. The maximum absolute atomic E-state index is 11.6. The van der Waals surface area contributed by atoms with Gasteiger partial charge < -0.3 is 0 Å². The van der Waals surface area contributed by atoms with E-state index in [-0.39, 0.29) is 5.25 Å². The summed E-state index contributed by atoms with van der Waals surface area (Å²) in [6.45, 7) is 4.13. The Morgan fingerprint density at radius 1 is 1.38 bits per heavy atom. The van der Waals surface area contributed by atoms with Gasteiger partial charge in [0.1, 0.15) is 0 Å². The molecule has 2 atom stereocenters. The minimum absolute atomic E-state index is 0.0989. The van der Waals surface area contributed by atoms with E-state index in [1.54, 1.807) is 0 Å². The lowest BCUT2D eigenvalue weighted by atomic mass is 10.3. The smallest absolute Gasteiger partial charge is 0.0634 e. The van der Waals surface area contributed by atoms with Gasteiger partial charge in [0, 0.05) is 28.2 Å². The molecule has 0 aromatic heterocycles. The second kappa shape index (κ2) is 8.25. The van der Waals surface area contributed by atoms with E-state index in [0.29, 0.717) is 6.42 Å². The van der Waals surface area contributed by atoms with Crippen LogP contribution in [0.2, 0.25) is 0 Å². The highest BCUT2D eigenvalue weighted by atomic mass is 32.2. The zero-order valence-corrected chi connectivity index (χ0v) is 9.40. The van der Waals surface area contributed by atoms with Crippen LogP contribution in [-0.4, -0.2) is 15.2 Å². The molecule has 0 aliphatic rings. The lowest BCUT2D eigenvalue weighted by Gasteiger charge is -2.09. The highest BCUT2D eigenvalue weighted by Crippen LogP contribution is 2.08. The van der Waals surface area contributed by atoms with Crippen LogP contribution in [0.1, 0.15) is 46.0 Å². The third-order valence-corrected chi connectivity index (χ3v) is 4.03. The molecule has 0 heterocycles. The van der Waals surface area contributed by atoms with Crippen molar-refractivity contribution in [1.82, 2.24) is 0 Å². The number of unbranched alkanes of at least 4 members (excludes halogenated alkanes) is 2. The molecule has 2 unspecified atom stereocenters. The summed E-state index contributed by atoms with van der Waals surface area (Å²) in [5.41, 5.74) is 0. The maximum Gasteiger partial charge on any atom is 0.0634 e. The maximum atomic E-state index is 11.6. The number of hydrogen-bond acceptors (Lipinski definition) is 2. The average molecular weight is 201 g/mol. The van der Waals surface area contributed by atoms with Crippen molar-refractivity contribution in [3.8, 4) is 6.07 Å². The van der Waals surface area contributed by atoms with E-state index < -0.39 is 10.8 Å². The zero-order valence-electron chi connectivity index (χ0n) is 8.58. The minimum atomic E-state index is -0.782. The molecule has 0 aromatic rings. The predicted molar refractivity (Wildman–Crippen MR) is 56.8 cm³/mol. The highest BCUT2D eigenvalue weighted by molar-refractivity contribution is 7.85. The Kier molecular flexibility index (Phi) is 8.02. The Morgan fingerprint density at radius 2 is 2.08 bits per heavy atom. The predicted octanol–water partition coefficient (Wildman–Crippen LogP) is 2.62. The van der Waals surface area contributed by atoms with Crippen LogP contribution in [-0.2, 0) is 10.8 Å². The van der Waals surface area contributed by atoms with E-state index in [1.165, 1.54) is 0 Å². The summed E-state index contributed by atoms with van der Waals surface area (Å²) in [6, 6.07) is 2.10. The zero-order chi connectivity index (χ0) is 10.1. The quantitative estimate of drug-likeness (QED) is 0.594. The van der Waals surface area contributed by atoms with Gasteiger partial charge in [0.15, 0.2) is 0 Å². The molecule has 0 N–H and O–H groups in total. The standard InChI is InChI=1S/C10H19NOS/c1-3-5-6-9-13(12)10(4-2)7-8-11/h10H,3-7,9H2,1-2H3. The molecule has 0 bridgehead atoms. The Balaban J connectivity index is 3.72. The molecule has 0 aliphatic carbocycles. The second-order valence-corrected chi connectivity index (χ2v) is 5.02. The Labute approximate surface area is 83.8 Å². The molecule has 2 nitrogen and oxygen atoms in total.